The van der Waals surface area contributed by atoms with E-state index in [2.05, 4.69) is 20.4 Å². The molecule has 10 nitrogen and oxygen atoms in total. The van der Waals surface area contributed by atoms with Gasteiger partial charge in [-0.15, -0.1) is 10.2 Å². The van der Waals surface area contributed by atoms with E-state index in [4.69, 9.17) is 14.3 Å². The fraction of sp³-hybridized carbons (Fsp3) is 0.389. The van der Waals surface area contributed by atoms with Crippen LogP contribution in [0.4, 0.5) is 10.4 Å². The number of rotatable bonds is 6. The Balaban J connectivity index is 1.36. The van der Waals surface area contributed by atoms with Gasteiger partial charge in [-0.25, -0.2) is 4.39 Å². The van der Waals surface area contributed by atoms with Gasteiger partial charge in [-0.1, -0.05) is 6.07 Å². The van der Waals surface area contributed by atoms with E-state index >= 15 is 0 Å². The number of oxazole rings is 1. The van der Waals surface area contributed by atoms with E-state index < -0.39 is 5.97 Å². The summed E-state index contributed by atoms with van der Waals surface area (Å²) in [5.41, 5.74) is 1.28. The zero-order valence-corrected chi connectivity index (χ0v) is 15.7. The number of carboxylic acid groups (broad SMARTS) is 1. The molecule has 0 spiro atoms. The second-order valence-corrected chi connectivity index (χ2v) is 6.77. The van der Waals surface area contributed by atoms with Gasteiger partial charge in [0.25, 0.3) is 6.01 Å². The predicted molar refractivity (Wildman–Crippen MR) is 97.9 cm³/mol. The van der Waals surface area contributed by atoms with Crippen LogP contribution in [0.5, 0.6) is 5.75 Å². The highest BCUT2D eigenvalue weighted by molar-refractivity contribution is 5.66. The predicted octanol–water partition coefficient (Wildman–Crippen LogP) is 1.91. The van der Waals surface area contributed by atoms with Crippen molar-refractivity contribution in [1.29, 1.82) is 0 Å². The van der Waals surface area contributed by atoms with Gasteiger partial charge in [0.1, 0.15) is 23.9 Å². The Kier molecular flexibility index (Phi) is 5.10. The smallest absolute Gasteiger partial charge is 0.327 e. The lowest BCUT2D eigenvalue weighted by molar-refractivity contribution is -0.138. The lowest BCUT2D eigenvalue weighted by Gasteiger charge is -2.31. The topological polar surface area (TPSA) is 119 Å². The average Bonchev–Trinajstić information content (AvgIpc) is 3.34. The van der Waals surface area contributed by atoms with Crippen LogP contribution in [0, 0.1) is 12.7 Å². The molecule has 3 heterocycles. The summed E-state index contributed by atoms with van der Waals surface area (Å²) in [6.07, 6.45) is 2.87. The lowest BCUT2D eigenvalue weighted by Crippen LogP contribution is -2.38. The first-order valence-electron chi connectivity index (χ1n) is 9.11. The van der Waals surface area contributed by atoms with E-state index in [1.54, 1.807) is 6.07 Å². The highest BCUT2D eigenvalue weighted by Crippen LogP contribution is 2.26. The third-order valence-corrected chi connectivity index (χ3v) is 4.61. The van der Waals surface area contributed by atoms with Crippen LogP contribution in [-0.4, -0.2) is 55.5 Å². The van der Waals surface area contributed by atoms with Crippen molar-refractivity contribution < 1.29 is 23.4 Å². The molecular weight excluding hydrogens is 383 g/mol. The average molecular weight is 402 g/mol. The van der Waals surface area contributed by atoms with Gasteiger partial charge in [0.15, 0.2) is 12.2 Å². The molecule has 1 aromatic carbocycles. The number of hydrogen-bond acceptors (Lipinski definition) is 8. The molecule has 0 aliphatic carbocycles. The summed E-state index contributed by atoms with van der Waals surface area (Å²) in [6.45, 7) is 2.84. The van der Waals surface area contributed by atoms with Crippen molar-refractivity contribution in [1.82, 2.24) is 25.2 Å². The fourth-order valence-electron chi connectivity index (χ4n) is 3.09. The Hall–Kier alpha value is -3.50. The number of aryl methyl sites for hydroxylation is 1. The molecule has 1 fully saturated rings. The maximum atomic E-state index is 13.4. The van der Waals surface area contributed by atoms with Crippen LogP contribution in [0.15, 0.2) is 28.9 Å². The quantitative estimate of drug-likeness (QED) is 0.659. The SMILES string of the molecule is Cc1ccc(F)cc1OC1CCN(c2nc(-c3nnn(CC(=O)O)n3)co2)CC1. The number of nitrogens with zero attached hydrogens (tertiary/aromatic N) is 6. The third kappa shape index (κ3) is 4.33. The first-order chi connectivity index (χ1) is 14.0. The molecule has 1 N–H and O–H groups in total. The molecule has 1 aliphatic heterocycles. The Morgan fingerprint density at radius 2 is 2.17 bits per heavy atom. The number of hydrogen-bond donors (Lipinski definition) is 1. The Morgan fingerprint density at radius 3 is 2.93 bits per heavy atom. The molecule has 0 amide bonds. The second kappa shape index (κ2) is 7.86. The van der Waals surface area contributed by atoms with Gasteiger partial charge in [-0.3, -0.25) is 4.79 Å². The molecule has 0 unspecified atom stereocenters. The van der Waals surface area contributed by atoms with E-state index in [0.717, 1.165) is 23.2 Å². The van der Waals surface area contributed by atoms with Crippen LogP contribution < -0.4 is 9.64 Å². The van der Waals surface area contributed by atoms with Crippen molar-refractivity contribution in [3.63, 3.8) is 0 Å². The highest BCUT2D eigenvalue weighted by atomic mass is 19.1. The minimum absolute atomic E-state index is 0.0150. The molecule has 0 atom stereocenters. The van der Waals surface area contributed by atoms with Gasteiger partial charge in [-0.05, 0) is 23.8 Å². The summed E-state index contributed by atoms with van der Waals surface area (Å²) >= 11 is 0. The zero-order chi connectivity index (χ0) is 20.4. The molecule has 2 aromatic heterocycles. The van der Waals surface area contributed by atoms with Gasteiger partial charge in [0.05, 0.1) is 0 Å². The molecule has 4 rings (SSSR count). The second-order valence-electron chi connectivity index (χ2n) is 6.77. The zero-order valence-electron chi connectivity index (χ0n) is 15.7. The van der Waals surface area contributed by atoms with Gasteiger partial charge in [0.2, 0.25) is 5.82 Å². The van der Waals surface area contributed by atoms with Gasteiger partial charge in [-0.2, -0.15) is 9.78 Å². The number of piperidine rings is 1. The third-order valence-electron chi connectivity index (χ3n) is 4.61. The minimum atomic E-state index is -1.06. The van der Waals surface area contributed by atoms with E-state index in [-0.39, 0.29) is 24.3 Å². The molecular formula is C18H19FN6O4. The maximum absolute atomic E-state index is 13.4. The molecule has 1 saturated heterocycles. The molecule has 29 heavy (non-hydrogen) atoms. The molecule has 3 aromatic rings. The van der Waals surface area contributed by atoms with Crippen molar-refractivity contribution in [3.05, 3.63) is 35.8 Å². The number of ether oxygens (including phenoxy) is 1. The van der Waals surface area contributed by atoms with Gasteiger partial charge < -0.3 is 19.2 Å². The summed E-state index contributed by atoms with van der Waals surface area (Å²) in [4.78, 5) is 18.0. The minimum Gasteiger partial charge on any atom is -0.490 e. The molecule has 0 saturated carbocycles. The summed E-state index contributed by atoms with van der Waals surface area (Å²) in [7, 11) is 0. The maximum Gasteiger partial charge on any atom is 0.327 e. The number of aromatic nitrogens is 5. The number of aliphatic carboxylic acids is 1. The summed E-state index contributed by atoms with van der Waals surface area (Å²) < 4.78 is 24.9. The fourth-order valence-corrected chi connectivity index (χ4v) is 3.09. The first kappa shape index (κ1) is 18.8. The van der Waals surface area contributed by atoms with E-state index in [0.29, 0.717) is 30.5 Å². The van der Waals surface area contributed by atoms with Crippen LogP contribution in [0.3, 0.4) is 0 Å². The van der Waals surface area contributed by atoms with Crippen LogP contribution in [-0.2, 0) is 11.3 Å². The van der Waals surface area contributed by atoms with Gasteiger partial charge in [0, 0.05) is 32.0 Å². The van der Waals surface area contributed by atoms with Crippen molar-refractivity contribution in [3.8, 4) is 17.3 Å². The largest absolute Gasteiger partial charge is 0.490 e. The summed E-state index contributed by atoms with van der Waals surface area (Å²) in [5.74, 6) is -0.615. The van der Waals surface area contributed by atoms with Crippen molar-refractivity contribution in [2.24, 2.45) is 0 Å². The Bertz CT molecular complexity index is 1010. The first-order valence-corrected chi connectivity index (χ1v) is 9.11. The number of halogens is 1. The number of carboxylic acids is 1. The van der Waals surface area contributed by atoms with Crippen molar-refractivity contribution >= 4 is 12.0 Å². The van der Waals surface area contributed by atoms with E-state index in [9.17, 15) is 9.18 Å². The Labute approximate surface area is 164 Å². The normalized spacial score (nSPS) is 14.9. The monoisotopic (exact) mass is 402 g/mol. The molecule has 11 heteroatoms. The lowest BCUT2D eigenvalue weighted by atomic mass is 10.1. The van der Waals surface area contributed by atoms with Crippen LogP contribution in [0.1, 0.15) is 18.4 Å². The van der Waals surface area contributed by atoms with E-state index in [1.165, 1.54) is 18.4 Å². The van der Waals surface area contributed by atoms with Gasteiger partial charge >= 0.3 is 5.97 Å². The molecule has 1 aliphatic rings. The molecule has 152 valence electrons. The standard InChI is InChI=1S/C18H19FN6O4/c1-11-2-3-12(19)8-15(11)29-13-4-6-24(7-5-13)18-20-14(10-28-18)17-21-23-25(22-17)9-16(26)27/h2-3,8,10,13H,4-7,9H2,1H3,(H,26,27). The molecule has 0 radical (unpaired) electrons. The Morgan fingerprint density at radius 1 is 1.38 bits per heavy atom. The van der Waals surface area contributed by atoms with Crippen LogP contribution >= 0.6 is 0 Å². The number of benzene rings is 1. The highest BCUT2D eigenvalue weighted by Gasteiger charge is 2.25. The number of carbonyl (C=O) groups is 1. The molecule has 0 bridgehead atoms. The van der Waals surface area contributed by atoms with Crippen LogP contribution in [0.25, 0.3) is 11.5 Å². The van der Waals surface area contributed by atoms with Crippen LogP contribution in [0.2, 0.25) is 0 Å². The summed E-state index contributed by atoms with van der Waals surface area (Å²) in [5, 5.41) is 20.2. The van der Waals surface area contributed by atoms with Crippen molar-refractivity contribution in [2.45, 2.75) is 32.4 Å². The van der Waals surface area contributed by atoms with E-state index in [1.807, 2.05) is 11.8 Å². The summed E-state index contributed by atoms with van der Waals surface area (Å²) in [6, 6.07) is 4.96. The van der Waals surface area contributed by atoms with Crippen molar-refractivity contribution in [2.75, 3.05) is 18.0 Å². The number of tetrazole rings is 1. The number of anilines is 1.